The molecule has 0 saturated heterocycles. The number of rotatable bonds is 7. The molecule has 106 valence electrons. The van der Waals surface area contributed by atoms with Gasteiger partial charge in [0, 0.05) is 12.6 Å². The monoisotopic (exact) mass is 265 g/mol. The number of hydrogen-bond acceptors (Lipinski definition) is 3. The SMILES string of the molecule is CCCCCCNC(=O)Nc1cc(OC)ccc1N. The molecule has 0 spiro atoms. The number of nitrogens with two attached hydrogens (primary N) is 1. The summed E-state index contributed by atoms with van der Waals surface area (Å²) in [5.74, 6) is 0.660. The largest absolute Gasteiger partial charge is 0.497 e. The van der Waals surface area contributed by atoms with Gasteiger partial charge in [0.1, 0.15) is 5.75 Å². The molecule has 4 N–H and O–H groups in total. The van der Waals surface area contributed by atoms with Gasteiger partial charge in [-0.3, -0.25) is 0 Å². The third-order valence-electron chi connectivity index (χ3n) is 2.82. The lowest BCUT2D eigenvalue weighted by atomic mass is 10.2. The first-order chi connectivity index (χ1) is 9.17. The number of ether oxygens (including phenoxy) is 1. The zero-order valence-corrected chi connectivity index (χ0v) is 11.7. The summed E-state index contributed by atoms with van der Waals surface area (Å²) in [5.41, 5.74) is 6.87. The fourth-order valence-corrected chi connectivity index (χ4v) is 1.69. The first-order valence-corrected chi connectivity index (χ1v) is 6.65. The number of nitrogens with one attached hydrogen (secondary N) is 2. The van der Waals surface area contributed by atoms with E-state index >= 15 is 0 Å². The molecule has 0 unspecified atom stereocenters. The molecule has 0 radical (unpaired) electrons. The Labute approximate surface area is 114 Å². The second kappa shape index (κ2) is 8.24. The van der Waals surface area contributed by atoms with Crippen LogP contribution in [0.5, 0.6) is 5.75 Å². The number of urea groups is 1. The number of amides is 2. The van der Waals surface area contributed by atoms with Crippen molar-refractivity contribution in [2.75, 3.05) is 24.7 Å². The zero-order valence-electron chi connectivity index (χ0n) is 11.7. The molecule has 0 aromatic heterocycles. The fourth-order valence-electron chi connectivity index (χ4n) is 1.69. The third kappa shape index (κ3) is 5.50. The molecule has 19 heavy (non-hydrogen) atoms. The Morgan fingerprint density at radius 2 is 2.11 bits per heavy atom. The van der Waals surface area contributed by atoms with E-state index in [2.05, 4.69) is 17.6 Å². The molecule has 1 aromatic carbocycles. The van der Waals surface area contributed by atoms with Crippen molar-refractivity contribution in [2.45, 2.75) is 32.6 Å². The van der Waals surface area contributed by atoms with Crippen molar-refractivity contribution in [3.8, 4) is 5.75 Å². The van der Waals surface area contributed by atoms with E-state index in [1.165, 1.54) is 12.8 Å². The lowest BCUT2D eigenvalue weighted by Gasteiger charge is -2.11. The van der Waals surface area contributed by atoms with Crippen molar-refractivity contribution in [1.29, 1.82) is 0 Å². The summed E-state index contributed by atoms with van der Waals surface area (Å²) in [6.45, 7) is 2.83. The first kappa shape index (κ1) is 15.1. The molecule has 1 rings (SSSR count). The summed E-state index contributed by atoms with van der Waals surface area (Å²) < 4.78 is 5.09. The Kier molecular flexibility index (Phi) is 6.57. The standard InChI is InChI=1S/C14H23N3O2/c1-3-4-5-6-9-16-14(18)17-13-10-11(19-2)7-8-12(13)15/h7-8,10H,3-6,9,15H2,1-2H3,(H2,16,17,18). The van der Waals surface area contributed by atoms with E-state index < -0.39 is 0 Å². The van der Waals surface area contributed by atoms with Gasteiger partial charge in [-0.25, -0.2) is 4.79 Å². The van der Waals surface area contributed by atoms with E-state index in [1.807, 2.05) is 0 Å². The number of unbranched alkanes of at least 4 members (excludes halogenated alkanes) is 3. The highest BCUT2D eigenvalue weighted by atomic mass is 16.5. The second-order valence-corrected chi connectivity index (χ2v) is 4.39. The average molecular weight is 265 g/mol. The van der Waals surface area contributed by atoms with Crippen LogP contribution in [0, 0.1) is 0 Å². The molecule has 0 saturated carbocycles. The molecule has 1 aromatic rings. The Balaban J connectivity index is 2.39. The molecule has 0 aliphatic carbocycles. The highest BCUT2D eigenvalue weighted by molar-refractivity contribution is 5.92. The highest BCUT2D eigenvalue weighted by Gasteiger charge is 2.05. The van der Waals surface area contributed by atoms with Crippen LogP contribution < -0.4 is 21.1 Å². The number of hydrogen-bond donors (Lipinski definition) is 3. The van der Waals surface area contributed by atoms with Crippen LogP contribution >= 0.6 is 0 Å². The summed E-state index contributed by atoms with van der Waals surface area (Å²) in [5, 5.41) is 5.53. The van der Waals surface area contributed by atoms with Gasteiger partial charge < -0.3 is 21.1 Å². The van der Waals surface area contributed by atoms with Gasteiger partial charge in [-0.1, -0.05) is 26.2 Å². The summed E-state index contributed by atoms with van der Waals surface area (Å²) in [7, 11) is 1.57. The van der Waals surface area contributed by atoms with E-state index in [9.17, 15) is 4.79 Å². The quantitative estimate of drug-likeness (QED) is 0.524. The summed E-state index contributed by atoms with van der Waals surface area (Å²) in [6, 6.07) is 4.92. The van der Waals surface area contributed by atoms with Gasteiger partial charge in [-0.05, 0) is 18.6 Å². The van der Waals surface area contributed by atoms with Crippen LogP contribution in [0.15, 0.2) is 18.2 Å². The molecular weight excluding hydrogens is 242 g/mol. The van der Waals surface area contributed by atoms with Crippen LogP contribution in [0.2, 0.25) is 0 Å². The molecule has 0 atom stereocenters. The average Bonchev–Trinajstić information content (AvgIpc) is 2.41. The maximum absolute atomic E-state index is 11.7. The lowest BCUT2D eigenvalue weighted by molar-refractivity contribution is 0.252. The molecule has 0 aliphatic heterocycles. The number of carbonyl (C=O) groups is 1. The number of anilines is 2. The molecule has 5 heteroatoms. The smallest absolute Gasteiger partial charge is 0.319 e. The second-order valence-electron chi connectivity index (χ2n) is 4.39. The van der Waals surface area contributed by atoms with Crippen LogP contribution in [0.25, 0.3) is 0 Å². The number of methoxy groups -OCH3 is 1. The minimum atomic E-state index is -0.239. The van der Waals surface area contributed by atoms with Crippen molar-refractivity contribution in [3.05, 3.63) is 18.2 Å². The number of nitrogen functional groups attached to an aromatic ring is 1. The zero-order chi connectivity index (χ0) is 14.1. The summed E-state index contributed by atoms with van der Waals surface area (Å²) >= 11 is 0. The van der Waals surface area contributed by atoms with Crippen LogP contribution in [0.3, 0.4) is 0 Å². The maximum atomic E-state index is 11.7. The Bertz CT molecular complexity index is 408. The molecule has 2 amide bonds. The number of benzene rings is 1. The van der Waals surface area contributed by atoms with Gasteiger partial charge >= 0.3 is 6.03 Å². The van der Waals surface area contributed by atoms with Gasteiger partial charge in [0.05, 0.1) is 18.5 Å². The van der Waals surface area contributed by atoms with Gasteiger partial charge in [-0.15, -0.1) is 0 Å². The molecule has 0 heterocycles. The maximum Gasteiger partial charge on any atom is 0.319 e. The normalized spacial score (nSPS) is 10.0. The lowest BCUT2D eigenvalue weighted by Crippen LogP contribution is -2.29. The number of carbonyl (C=O) groups excluding carboxylic acids is 1. The van der Waals surface area contributed by atoms with Crippen LogP contribution in [0.1, 0.15) is 32.6 Å². The van der Waals surface area contributed by atoms with E-state index in [0.717, 1.165) is 12.8 Å². The van der Waals surface area contributed by atoms with Gasteiger partial charge in [0.15, 0.2) is 0 Å². The van der Waals surface area contributed by atoms with Crippen molar-refractivity contribution in [3.63, 3.8) is 0 Å². The van der Waals surface area contributed by atoms with Gasteiger partial charge in [0.2, 0.25) is 0 Å². The molecule has 0 aliphatic rings. The van der Waals surface area contributed by atoms with Crippen molar-refractivity contribution < 1.29 is 9.53 Å². The van der Waals surface area contributed by atoms with Crippen LogP contribution in [-0.2, 0) is 0 Å². The summed E-state index contributed by atoms with van der Waals surface area (Å²) in [6.07, 6.45) is 4.52. The molecule has 0 bridgehead atoms. The highest BCUT2D eigenvalue weighted by Crippen LogP contribution is 2.24. The first-order valence-electron chi connectivity index (χ1n) is 6.65. The molecule has 0 fully saturated rings. The Hall–Kier alpha value is -1.91. The predicted molar refractivity (Wildman–Crippen MR) is 78.6 cm³/mol. The fraction of sp³-hybridized carbons (Fsp3) is 0.500. The topological polar surface area (TPSA) is 76.4 Å². The van der Waals surface area contributed by atoms with Gasteiger partial charge in [-0.2, -0.15) is 0 Å². The van der Waals surface area contributed by atoms with E-state index in [4.69, 9.17) is 10.5 Å². The minimum Gasteiger partial charge on any atom is -0.497 e. The van der Waals surface area contributed by atoms with Crippen LogP contribution in [-0.4, -0.2) is 19.7 Å². The van der Waals surface area contributed by atoms with Crippen molar-refractivity contribution in [2.24, 2.45) is 0 Å². The van der Waals surface area contributed by atoms with Crippen molar-refractivity contribution in [1.82, 2.24) is 5.32 Å². The molecular formula is C14H23N3O2. The van der Waals surface area contributed by atoms with E-state index in [0.29, 0.717) is 23.7 Å². The van der Waals surface area contributed by atoms with E-state index in [-0.39, 0.29) is 6.03 Å². The molecule has 5 nitrogen and oxygen atoms in total. The Morgan fingerprint density at radius 3 is 2.79 bits per heavy atom. The minimum absolute atomic E-state index is 0.239. The predicted octanol–water partition coefficient (Wildman–Crippen LogP) is 2.98. The Morgan fingerprint density at radius 1 is 1.32 bits per heavy atom. The van der Waals surface area contributed by atoms with Crippen LogP contribution in [0.4, 0.5) is 16.2 Å². The van der Waals surface area contributed by atoms with Crippen molar-refractivity contribution >= 4 is 17.4 Å². The third-order valence-corrected chi connectivity index (χ3v) is 2.82. The van der Waals surface area contributed by atoms with E-state index in [1.54, 1.807) is 25.3 Å². The van der Waals surface area contributed by atoms with Gasteiger partial charge in [0.25, 0.3) is 0 Å². The summed E-state index contributed by atoms with van der Waals surface area (Å²) in [4.78, 5) is 11.7.